The minimum atomic E-state index is -0.749. The smallest absolute Gasteiger partial charge is 0.224 e. The predicted octanol–water partition coefficient (Wildman–Crippen LogP) is 5.34. The van der Waals surface area contributed by atoms with Crippen molar-refractivity contribution in [2.24, 2.45) is 23.7 Å². The summed E-state index contributed by atoms with van der Waals surface area (Å²) in [7, 11) is 0. The topological polar surface area (TPSA) is 95.9 Å². The van der Waals surface area contributed by atoms with Gasteiger partial charge < -0.3 is 20.3 Å². The van der Waals surface area contributed by atoms with Crippen molar-refractivity contribution >= 4 is 11.7 Å². The van der Waals surface area contributed by atoms with E-state index in [1.165, 1.54) is 19.3 Å². The molecule has 2 aromatic rings. The summed E-state index contributed by atoms with van der Waals surface area (Å²) in [6, 6.07) is 17.3. The number of nitrogens with one attached hydrogen (secondary N) is 1. The molecule has 5 rings (SSSR count). The monoisotopic (exact) mass is 561 g/mol. The summed E-state index contributed by atoms with van der Waals surface area (Å²) in [5.41, 5.74) is 3.06. The second-order valence-corrected chi connectivity index (χ2v) is 12.8. The predicted molar refractivity (Wildman–Crippen MR) is 159 cm³/mol. The Morgan fingerprint density at radius 3 is 2.46 bits per heavy atom. The molecule has 1 aliphatic heterocycles. The van der Waals surface area contributed by atoms with Crippen LogP contribution in [0.25, 0.3) is 0 Å². The van der Waals surface area contributed by atoms with Gasteiger partial charge in [0, 0.05) is 38.4 Å². The molecule has 0 spiro atoms. The first-order chi connectivity index (χ1) is 20.0. The van der Waals surface area contributed by atoms with Crippen LogP contribution in [0.1, 0.15) is 86.9 Å². The van der Waals surface area contributed by atoms with Gasteiger partial charge in [0.2, 0.25) is 5.91 Å². The first-order valence-corrected chi connectivity index (χ1v) is 15.8. The Morgan fingerprint density at radius 1 is 0.951 bits per heavy atom. The van der Waals surface area contributed by atoms with E-state index in [1.807, 2.05) is 54.6 Å². The van der Waals surface area contributed by atoms with Crippen LogP contribution in [0.15, 0.2) is 54.6 Å². The van der Waals surface area contributed by atoms with Crippen LogP contribution < -0.4 is 5.32 Å². The van der Waals surface area contributed by atoms with Gasteiger partial charge in [-0.2, -0.15) is 0 Å². The molecule has 1 saturated carbocycles. The largest absolute Gasteiger partial charge is 0.393 e. The third-order valence-electron chi connectivity index (χ3n) is 9.66. The lowest BCUT2D eigenvalue weighted by Crippen LogP contribution is -2.40. The maximum Gasteiger partial charge on any atom is 0.224 e. The summed E-state index contributed by atoms with van der Waals surface area (Å²) in [5, 5.41) is 25.6. The highest BCUT2D eigenvalue weighted by atomic mass is 16.5. The van der Waals surface area contributed by atoms with Gasteiger partial charge in [-0.3, -0.25) is 9.59 Å². The van der Waals surface area contributed by atoms with Gasteiger partial charge >= 0.3 is 0 Å². The molecule has 0 radical (unpaired) electrons. The zero-order chi connectivity index (χ0) is 28.6. The number of rotatable bonds is 13. The highest BCUT2D eigenvalue weighted by Crippen LogP contribution is 2.35. The van der Waals surface area contributed by atoms with Gasteiger partial charge in [0.1, 0.15) is 5.78 Å². The molecular formula is C35H47NO5. The molecule has 222 valence electrons. The molecule has 2 aliphatic carbocycles. The highest BCUT2D eigenvalue weighted by Gasteiger charge is 2.36. The van der Waals surface area contributed by atoms with E-state index in [2.05, 4.69) is 5.32 Å². The number of amides is 1. The Morgan fingerprint density at radius 2 is 1.71 bits per heavy atom. The quantitative estimate of drug-likeness (QED) is 0.307. The molecule has 6 heteroatoms. The number of ketones is 1. The number of carbonyl (C=O) groups excluding carboxylic acids is 2. The van der Waals surface area contributed by atoms with E-state index in [0.29, 0.717) is 44.6 Å². The Balaban J connectivity index is 1.30. The van der Waals surface area contributed by atoms with Crippen molar-refractivity contribution in [3.63, 3.8) is 0 Å². The Hall–Kier alpha value is -2.54. The number of carbonyl (C=O) groups is 2. The van der Waals surface area contributed by atoms with Crippen LogP contribution in [0, 0.1) is 23.7 Å². The number of hydrogen-bond donors (Lipinski definition) is 3. The van der Waals surface area contributed by atoms with Gasteiger partial charge in [0.05, 0.1) is 18.2 Å². The molecule has 1 heterocycles. The Labute approximate surface area is 244 Å². The summed E-state index contributed by atoms with van der Waals surface area (Å²) in [6.45, 7) is 1.37. The first-order valence-electron chi connectivity index (χ1n) is 15.8. The maximum atomic E-state index is 13.8. The fourth-order valence-corrected chi connectivity index (χ4v) is 7.35. The van der Waals surface area contributed by atoms with Gasteiger partial charge in [-0.1, -0.05) is 86.7 Å². The molecule has 3 N–H and O–H groups in total. The fourth-order valence-electron chi connectivity index (χ4n) is 7.35. The SMILES string of the molecule is O=C(CC1CCOC1)C[C@@H](CC1CCCCC1)[C@@H](O)C[C@@H](Cc1ccccc1)C(=O)N[C@H]1c2ccccc2C[C@H]1O. The Bertz CT molecular complexity index is 1120. The van der Waals surface area contributed by atoms with Crippen LogP contribution >= 0.6 is 0 Å². The van der Waals surface area contributed by atoms with Crippen LogP contribution in [-0.2, 0) is 27.2 Å². The zero-order valence-corrected chi connectivity index (χ0v) is 24.3. The number of fused-ring (bicyclic) bond motifs is 1. The molecule has 41 heavy (non-hydrogen) atoms. The van der Waals surface area contributed by atoms with E-state index in [0.717, 1.165) is 49.0 Å². The number of aliphatic hydroxyl groups is 2. The number of hydrogen-bond acceptors (Lipinski definition) is 5. The van der Waals surface area contributed by atoms with E-state index in [1.54, 1.807) is 0 Å². The molecule has 2 aromatic carbocycles. The minimum Gasteiger partial charge on any atom is -0.393 e. The van der Waals surface area contributed by atoms with Crippen LogP contribution in [0.4, 0.5) is 0 Å². The lowest BCUT2D eigenvalue weighted by molar-refractivity contribution is -0.128. The molecule has 6 atom stereocenters. The summed E-state index contributed by atoms with van der Waals surface area (Å²) in [5.74, 6) is 0.232. The number of benzene rings is 2. The number of ether oxygens (including phenoxy) is 1. The van der Waals surface area contributed by atoms with E-state index in [-0.39, 0.29) is 23.5 Å². The van der Waals surface area contributed by atoms with Crippen molar-refractivity contribution in [3.05, 3.63) is 71.3 Å². The third-order valence-corrected chi connectivity index (χ3v) is 9.66. The Kier molecular flexibility index (Phi) is 10.6. The zero-order valence-electron chi connectivity index (χ0n) is 24.3. The molecule has 6 nitrogen and oxygen atoms in total. The molecule has 0 aromatic heterocycles. The van der Waals surface area contributed by atoms with Gasteiger partial charge in [-0.25, -0.2) is 0 Å². The van der Waals surface area contributed by atoms with Crippen molar-refractivity contribution < 1.29 is 24.5 Å². The van der Waals surface area contributed by atoms with Crippen molar-refractivity contribution in [2.45, 2.75) is 95.3 Å². The normalized spacial score (nSPS) is 24.9. The second-order valence-electron chi connectivity index (χ2n) is 12.8. The van der Waals surface area contributed by atoms with Gasteiger partial charge in [0.15, 0.2) is 0 Å². The first kappa shape index (κ1) is 29.9. The van der Waals surface area contributed by atoms with Crippen LogP contribution in [0.3, 0.4) is 0 Å². The fraction of sp³-hybridized carbons (Fsp3) is 0.600. The molecule has 1 unspecified atom stereocenters. The van der Waals surface area contributed by atoms with Gasteiger partial charge in [-0.15, -0.1) is 0 Å². The molecule has 1 saturated heterocycles. The van der Waals surface area contributed by atoms with Crippen molar-refractivity contribution in [1.82, 2.24) is 5.32 Å². The van der Waals surface area contributed by atoms with E-state index >= 15 is 0 Å². The van der Waals surface area contributed by atoms with E-state index in [4.69, 9.17) is 4.74 Å². The molecule has 0 bridgehead atoms. The molecule has 2 fully saturated rings. The highest BCUT2D eigenvalue weighted by molar-refractivity contribution is 5.80. The molecule has 1 amide bonds. The molecule has 3 aliphatic rings. The number of aliphatic hydroxyl groups excluding tert-OH is 2. The summed E-state index contributed by atoms with van der Waals surface area (Å²) in [4.78, 5) is 27.0. The summed E-state index contributed by atoms with van der Waals surface area (Å²) >= 11 is 0. The summed E-state index contributed by atoms with van der Waals surface area (Å²) < 4.78 is 5.49. The van der Waals surface area contributed by atoms with Gasteiger partial charge in [0.25, 0.3) is 0 Å². The molecular weight excluding hydrogens is 514 g/mol. The van der Waals surface area contributed by atoms with E-state index < -0.39 is 24.2 Å². The third kappa shape index (κ3) is 8.27. The minimum absolute atomic E-state index is 0.153. The maximum absolute atomic E-state index is 13.8. The lowest BCUT2D eigenvalue weighted by atomic mass is 9.76. The summed E-state index contributed by atoms with van der Waals surface area (Å²) in [6.07, 6.45) is 8.53. The second kappa shape index (κ2) is 14.6. The van der Waals surface area contributed by atoms with Gasteiger partial charge in [-0.05, 0) is 60.1 Å². The average molecular weight is 562 g/mol. The number of Topliss-reactive ketones (excluding diaryl/α,β-unsaturated/α-hetero) is 1. The van der Waals surface area contributed by atoms with E-state index in [9.17, 15) is 19.8 Å². The van der Waals surface area contributed by atoms with Crippen LogP contribution in [-0.4, -0.2) is 47.3 Å². The van der Waals surface area contributed by atoms with Crippen LogP contribution in [0.5, 0.6) is 0 Å². The van der Waals surface area contributed by atoms with Crippen molar-refractivity contribution in [2.75, 3.05) is 13.2 Å². The average Bonchev–Trinajstić information content (AvgIpc) is 3.60. The lowest BCUT2D eigenvalue weighted by Gasteiger charge is -2.31. The van der Waals surface area contributed by atoms with Crippen molar-refractivity contribution in [1.29, 1.82) is 0 Å². The van der Waals surface area contributed by atoms with Crippen LogP contribution in [0.2, 0.25) is 0 Å². The standard InChI is InChI=1S/C35H47NO5/c37-30(19-26-15-16-41-23-26)20-28(17-24-9-3-1-4-10-24)32(38)22-29(18-25-11-5-2-6-12-25)35(40)36-34-31-14-8-7-13-27(31)21-33(34)39/h2,5-8,11-14,24,26,28-29,32-34,38-39H,1,3-4,9-10,15-23H2,(H,36,40)/t26?,28-,29-,32+,33-,34+/m1/s1. The van der Waals surface area contributed by atoms with Crippen molar-refractivity contribution in [3.8, 4) is 0 Å².